The van der Waals surface area contributed by atoms with Crippen LogP contribution in [-0.4, -0.2) is 51.4 Å². The summed E-state index contributed by atoms with van der Waals surface area (Å²) >= 11 is 0. The monoisotopic (exact) mass is 516 g/mol. The van der Waals surface area contributed by atoms with Crippen molar-refractivity contribution in [1.82, 2.24) is 25.0 Å². The van der Waals surface area contributed by atoms with Crippen LogP contribution in [0, 0.1) is 5.92 Å². The van der Waals surface area contributed by atoms with Crippen molar-refractivity contribution in [3.05, 3.63) is 66.7 Å². The highest BCUT2D eigenvalue weighted by Crippen LogP contribution is 2.33. The fourth-order valence-corrected chi connectivity index (χ4v) is 4.56. The van der Waals surface area contributed by atoms with Gasteiger partial charge in [-0.15, -0.1) is 0 Å². The third-order valence-corrected chi connectivity index (χ3v) is 6.30. The molecular formula is C28H36N8O2. The van der Waals surface area contributed by atoms with E-state index >= 15 is 0 Å². The molecule has 1 aliphatic rings. The second-order valence-electron chi connectivity index (χ2n) is 10.4. The average Bonchev–Trinajstić information content (AvgIpc) is 3.29. The molecule has 0 spiro atoms. The number of benzene rings is 1. The van der Waals surface area contributed by atoms with Crippen LogP contribution < -0.4 is 27.0 Å². The van der Waals surface area contributed by atoms with Gasteiger partial charge in [-0.1, -0.05) is 24.3 Å². The number of hydrogen-bond donors (Lipinski definition) is 4. The number of nitrogens with zero attached hydrogens (tertiary/aromatic N) is 4. The van der Waals surface area contributed by atoms with Crippen LogP contribution in [0.4, 0.5) is 11.8 Å². The summed E-state index contributed by atoms with van der Waals surface area (Å²) in [5.41, 5.74) is 14.0. The minimum atomic E-state index is -0.283. The zero-order chi connectivity index (χ0) is 27.3. The Morgan fingerprint density at radius 1 is 1.18 bits per heavy atom. The highest BCUT2D eigenvalue weighted by molar-refractivity contribution is 5.95. The summed E-state index contributed by atoms with van der Waals surface area (Å²) in [5.74, 6) is 0.835. The first-order valence-corrected chi connectivity index (χ1v) is 12.8. The van der Waals surface area contributed by atoms with E-state index in [9.17, 15) is 9.59 Å². The third kappa shape index (κ3) is 6.13. The number of fused-ring (bicyclic) bond motifs is 1. The number of allylic oxidation sites excluding steroid dienone is 2. The molecule has 3 aromatic rings. The van der Waals surface area contributed by atoms with Crippen molar-refractivity contribution in [3.63, 3.8) is 0 Å². The van der Waals surface area contributed by atoms with Gasteiger partial charge in [0.25, 0.3) is 5.91 Å². The number of nitrogen functional groups attached to an aromatic ring is 1. The van der Waals surface area contributed by atoms with Crippen molar-refractivity contribution in [1.29, 1.82) is 0 Å². The number of carbonyl (C=O) groups excluding carboxylic acids is 2. The van der Waals surface area contributed by atoms with Crippen molar-refractivity contribution >= 4 is 29.1 Å². The number of nitrogens with two attached hydrogens (primary N) is 2. The van der Waals surface area contributed by atoms with Gasteiger partial charge in [0.1, 0.15) is 17.0 Å². The molecule has 0 bridgehead atoms. The zero-order valence-electron chi connectivity index (χ0n) is 22.1. The molecule has 6 N–H and O–H groups in total. The molecule has 0 aliphatic carbocycles. The lowest BCUT2D eigenvalue weighted by Gasteiger charge is -2.34. The van der Waals surface area contributed by atoms with Crippen LogP contribution in [0.2, 0.25) is 0 Å². The van der Waals surface area contributed by atoms with Gasteiger partial charge in [0.15, 0.2) is 0 Å². The highest BCUT2D eigenvalue weighted by atomic mass is 16.2. The minimum absolute atomic E-state index is 0.0599. The third-order valence-electron chi connectivity index (χ3n) is 6.30. The first kappa shape index (κ1) is 26.7. The number of aromatic nitrogens is 3. The Labute approximate surface area is 222 Å². The van der Waals surface area contributed by atoms with Crippen molar-refractivity contribution in [3.8, 4) is 11.3 Å². The Morgan fingerprint density at radius 3 is 2.66 bits per heavy atom. The van der Waals surface area contributed by atoms with Gasteiger partial charge in [-0.05, 0) is 58.0 Å². The molecule has 1 aliphatic heterocycles. The van der Waals surface area contributed by atoms with E-state index in [4.69, 9.17) is 16.5 Å². The lowest BCUT2D eigenvalue weighted by molar-refractivity contribution is -0.126. The normalized spacial score (nSPS) is 16.4. The summed E-state index contributed by atoms with van der Waals surface area (Å²) < 4.78 is 1.93. The van der Waals surface area contributed by atoms with Crippen molar-refractivity contribution in [2.24, 2.45) is 11.7 Å². The summed E-state index contributed by atoms with van der Waals surface area (Å²) in [4.78, 5) is 36.8. The van der Waals surface area contributed by atoms with Crippen LogP contribution in [0.25, 0.3) is 16.8 Å². The molecule has 1 aromatic carbocycles. The number of piperidine rings is 1. The second-order valence-corrected chi connectivity index (χ2v) is 10.4. The first-order valence-electron chi connectivity index (χ1n) is 12.8. The van der Waals surface area contributed by atoms with Crippen LogP contribution in [0.3, 0.4) is 0 Å². The number of anilines is 2. The van der Waals surface area contributed by atoms with E-state index in [1.54, 1.807) is 30.5 Å². The van der Waals surface area contributed by atoms with E-state index in [2.05, 4.69) is 20.5 Å². The van der Waals surface area contributed by atoms with Gasteiger partial charge in [-0.25, -0.2) is 9.97 Å². The number of rotatable bonds is 7. The number of carbonyl (C=O) groups is 2. The minimum Gasteiger partial charge on any atom is -0.405 e. The van der Waals surface area contributed by atoms with E-state index in [1.165, 1.54) is 6.20 Å². The van der Waals surface area contributed by atoms with E-state index in [1.807, 2.05) is 49.6 Å². The van der Waals surface area contributed by atoms with Crippen LogP contribution >= 0.6 is 0 Å². The second kappa shape index (κ2) is 11.4. The molecule has 0 radical (unpaired) electrons. The largest absolute Gasteiger partial charge is 0.405 e. The Bertz CT molecular complexity index is 1350. The Balaban J connectivity index is 1.59. The van der Waals surface area contributed by atoms with Crippen molar-refractivity contribution < 1.29 is 9.59 Å². The van der Waals surface area contributed by atoms with E-state index in [0.29, 0.717) is 35.7 Å². The standard InChI is InChI=1S/C28H36N8O2/c1-28(2,3)34-26(38)21-8-7-16-35(18-21)27-33-22(23-24(30)31-15-17-36(23)27)19-9-11-20(12-10-19)25(37)32-14-6-4-5-13-29/h4-6,9-13,15,17,21H,7-8,14,16,18,29H2,1-3H3,(H2,30,31)(H,32,37)(H,34,38)/b6-4-,13-5-. The van der Waals surface area contributed by atoms with Gasteiger partial charge in [0.05, 0.1) is 5.92 Å². The van der Waals surface area contributed by atoms with Crippen LogP contribution in [-0.2, 0) is 4.79 Å². The average molecular weight is 517 g/mol. The molecule has 2 amide bonds. The molecule has 10 nitrogen and oxygen atoms in total. The predicted molar refractivity (Wildman–Crippen MR) is 150 cm³/mol. The van der Waals surface area contributed by atoms with Crippen LogP contribution in [0.5, 0.6) is 0 Å². The lowest BCUT2D eigenvalue weighted by atomic mass is 9.96. The quantitative estimate of drug-likeness (QED) is 0.354. The van der Waals surface area contributed by atoms with Crippen LogP contribution in [0.15, 0.2) is 61.1 Å². The summed E-state index contributed by atoms with van der Waals surface area (Å²) in [6.07, 6.45) is 11.9. The van der Waals surface area contributed by atoms with Crippen molar-refractivity contribution in [2.75, 3.05) is 30.3 Å². The molecule has 3 heterocycles. The molecular weight excluding hydrogens is 480 g/mol. The Kier molecular flexibility index (Phi) is 7.99. The van der Waals surface area contributed by atoms with Crippen molar-refractivity contribution in [2.45, 2.75) is 39.2 Å². The van der Waals surface area contributed by atoms with Gasteiger partial charge >= 0.3 is 0 Å². The number of nitrogens with one attached hydrogen (secondary N) is 2. The molecule has 10 heteroatoms. The first-order chi connectivity index (χ1) is 18.2. The van der Waals surface area contributed by atoms with E-state index < -0.39 is 0 Å². The van der Waals surface area contributed by atoms with Gasteiger partial charge in [0.2, 0.25) is 11.9 Å². The molecule has 38 heavy (non-hydrogen) atoms. The number of amides is 2. The van der Waals surface area contributed by atoms with Gasteiger partial charge in [-0.2, -0.15) is 0 Å². The summed E-state index contributed by atoms with van der Waals surface area (Å²) in [6.45, 7) is 7.72. The molecule has 200 valence electrons. The van der Waals surface area contributed by atoms with E-state index in [0.717, 1.165) is 30.9 Å². The topological polar surface area (TPSA) is 144 Å². The molecule has 4 rings (SSSR count). The Hall–Kier alpha value is -4.34. The highest BCUT2D eigenvalue weighted by Gasteiger charge is 2.30. The fraction of sp³-hybridized carbons (Fsp3) is 0.357. The molecule has 0 saturated carbocycles. The molecule has 1 unspecified atom stereocenters. The summed E-state index contributed by atoms with van der Waals surface area (Å²) in [5, 5.41) is 5.95. The zero-order valence-corrected chi connectivity index (χ0v) is 22.1. The molecule has 1 atom stereocenters. The van der Waals surface area contributed by atoms with E-state index in [-0.39, 0.29) is 23.3 Å². The summed E-state index contributed by atoms with van der Waals surface area (Å²) in [7, 11) is 0. The smallest absolute Gasteiger partial charge is 0.251 e. The SMILES string of the molecule is CC(C)(C)NC(=O)C1CCCN(c2nc(-c3ccc(C(=O)NC/C=C\C=C/N)cc3)c3c(N)nccn23)C1. The molecule has 1 fully saturated rings. The maximum atomic E-state index is 12.9. The fourth-order valence-electron chi connectivity index (χ4n) is 4.56. The Morgan fingerprint density at radius 2 is 1.95 bits per heavy atom. The van der Waals surface area contributed by atoms with Gasteiger partial charge in [0, 0.05) is 48.7 Å². The maximum absolute atomic E-state index is 12.9. The van der Waals surface area contributed by atoms with Gasteiger partial charge < -0.3 is 27.0 Å². The molecule has 2 aromatic heterocycles. The molecule has 1 saturated heterocycles. The maximum Gasteiger partial charge on any atom is 0.251 e. The van der Waals surface area contributed by atoms with Gasteiger partial charge in [-0.3, -0.25) is 14.0 Å². The number of imidazole rings is 1. The van der Waals surface area contributed by atoms with Crippen LogP contribution in [0.1, 0.15) is 44.0 Å². The lowest BCUT2D eigenvalue weighted by Crippen LogP contribution is -2.49. The summed E-state index contributed by atoms with van der Waals surface area (Å²) in [6, 6.07) is 7.24. The predicted octanol–water partition coefficient (Wildman–Crippen LogP) is 2.87. The number of hydrogen-bond acceptors (Lipinski definition) is 7.